The van der Waals surface area contributed by atoms with Gasteiger partial charge in [0.15, 0.2) is 0 Å². The maximum absolute atomic E-state index is 12.2. The average Bonchev–Trinajstić information content (AvgIpc) is 2.36. The molecule has 4 amide bonds. The van der Waals surface area contributed by atoms with Gasteiger partial charge in [-0.25, -0.2) is 9.69 Å². The van der Waals surface area contributed by atoms with Gasteiger partial charge in [-0.2, -0.15) is 0 Å². The number of rotatable bonds is 3. The molecule has 19 heavy (non-hydrogen) atoms. The van der Waals surface area contributed by atoms with E-state index in [9.17, 15) is 14.4 Å². The van der Waals surface area contributed by atoms with Crippen molar-refractivity contribution in [2.24, 2.45) is 5.92 Å². The van der Waals surface area contributed by atoms with Crippen molar-refractivity contribution >= 4 is 35.1 Å². The Bertz CT molecular complexity index is 527. The molecular weight excluding hydrogens is 268 g/mol. The van der Waals surface area contributed by atoms with Crippen LogP contribution in [0.2, 0.25) is 5.02 Å². The van der Waals surface area contributed by atoms with Crippen LogP contribution in [0.3, 0.4) is 0 Å². The van der Waals surface area contributed by atoms with Gasteiger partial charge in [0, 0.05) is 5.02 Å². The van der Waals surface area contributed by atoms with Gasteiger partial charge in [-0.1, -0.05) is 24.9 Å². The van der Waals surface area contributed by atoms with Crippen molar-refractivity contribution in [3.8, 4) is 0 Å². The normalized spacial score (nSPS) is 19.6. The van der Waals surface area contributed by atoms with Crippen LogP contribution in [0.4, 0.5) is 10.5 Å². The summed E-state index contributed by atoms with van der Waals surface area (Å²) in [6.45, 7) is 1.88. The molecule has 0 bridgehead atoms. The van der Waals surface area contributed by atoms with Gasteiger partial charge in [0.05, 0.1) is 5.69 Å². The van der Waals surface area contributed by atoms with E-state index in [0.29, 0.717) is 23.6 Å². The Hall–Kier alpha value is -1.88. The van der Waals surface area contributed by atoms with Gasteiger partial charge in [0.1, 0.15) is 5.92 Å². The van der Waals surface area contributed by atoms with Crippen molar-refractivity contribution < 1.29 is 14.4 Å². The quantitative estimate of drug-likeness (QED) is 0.864. The second kappa shape index (κ2) is 5.40. The summed E-state index contributed by atoms with van der Waals surface area (Å²) in [7, 11) is 0. The average molecular weight is 281 g/mol. The van der Waals surface area contributed by atoms with Crippen LogP contribution in [0.15, 0.2) is 24.3 Å². The van der Waals surface area contributed by atoms with Crippen LogP contribution in [0.1, 0.15) is 19.8 Å². The Kier molecular flexibility index (Phi) is 3.85. The molecule has 0 radical (unpaired) electrons. The lowest BCUT2D eigenvalue weighted by atomic mass is 9.99. The highest BCUT2D eigenvalue weighted by atomic mass is 35.5. The second-order valence-corrected chi connectivity index (χ2v) is 4.72. The highest BCUT2D eigenvalue weighted by molar-refractivity contribution is 6.31. The summed E-state index contributed by atoms with van der Waals surface area (Å²) in [6.07, 6.45) is 1.11. The van der Waals surface area contributed by atoms with E-state index in [1.54, 1.807) is 24.3 Å². The van der Waals surface area contributed by atoms with Gasteiger partial charge in [0.2, 0.25) is 11.8 Å². The SMILES string of the molecule is CCCC1C(=O)NC(=O)N(c2ccc(Cl)cc2)C1=O. The maximum atomic E-state index is 12.2. The molecule has 0 aliphatic carbocycles. The molecule has 2 rings (SSSR count). The summed E-state index contributed by atoms with van der Waals surface area (Å²) < 4.78 is 0. The van der Waals surface area contributed by atoms with Crippen LogP contribution in [0.25, 0.3) is 0 Å². The third-order valence-electron chi connectivity index (χ3n) is 2.93. The topological polar surface area (TPSA) is 66.5 Å². The third-order valence-corrected chi connectivity index (χ3v) is 3.18. The third kappa shape index (κ3) is 2.61. The molecule has 1 aromatic rings. The molecule has 1 aliphatic heterocycles. The number of benzene rings is 1. The summed E-state index contributed by atoms with van der Waals surface area (Å²) in [5, 5.41) is 2.71. The monoisotopic (exact) mass is 280 g/mol. The molecule has 1 N–H and O–H groups in total. The highest BCUT2D eigenvalue weighted by Crippen LogP contribution is 2.24. The summed E-state index contributed by atoms with van der Waals surface area (Å²) in [4.78, 5) is 36.6. The predicted molar refractivity (Wildman–Crippen MR) is 70.9 cm³/mol. The van der Waals surface area contributed by atoms with Gasteiger partial charge < -0.3 is 0 Å². The minimum Gasteiger partial charge on any atom is -0.277 e. The smallest absolute Gasteiger partial charge is 0.277 e. The molecule has 6 heteroatoms. The lowest BCUT2D eigenvalue weighted by molar-refractivity contribution is -0.134. The first kappa shape index (κ1) is 13.5. The Morgan fingerprint density at radius 3 is 2.42 bits per heavy atom. The predicted octanol–water partition coefficient (Wildman–Crippen LogP) is 2.34. The molecule has 1 saturated heterocycles. The number of urea groups is 1. The summed E-state index contributed by atoms with van der Waals surface area (Å²) >= 11 is 5.77. The van der Waals surface area contributed by atoms with E-state index < -0.39 is 23.8 Å². The molecular formula is C13H13ClN2O3. The van der Waals surface area contributed by atoms with E-state index in [1.165, 1.54) is 0 Å². The molecule has 1 atom stereocenters. The van der Waals surface area contributed by atoms with Gasteiger partial charge in [-0.15, -0.1) is 0 Å². The van der Waals surface area contributed by atoms with E-state index in [0.717, 1.165) is 4.90 Å². The van der Waals surface area contributed by atoms with Crippen LogP contribution in [-0.2, 0) is 9.59 Å². The minimum absolute atomic E-state index is 0.403. The van der Waals surface area contributed by atoms with Gasteiger partial charge >= 0.3 is 6.03 Å². The molecule has 0 saturated carbocycles. The molecule has 0 aromatic heterocycles. The van der Waals surface area contributed by atoms with Gasteiger partial charge in [-0.05, 0) is 30.7 Å². The summed E-state index contributed by atoms with van der Waals surface area (Å²) in [5.41, 5.74) is 0.403. The number of hydrogen-bond acceptors (Lipinski definition) is 3. The number of nitrogens with zero attached hydrogens (tertiary/aromatic N) is 1. The van der Waals surface area contributed by atoms with E-state index in [2.05, 4.69) is 5.32 Å². The van der Waals surface area contributed by atoms with Crippen molar-refractivity contribution in [3.63, 3.8) is 0 Å². The molecule has 0 spiro atoms. The maximum Gasteiger partial charge on any atom is 0.335 e. The number of carbonyl (C=O) groups excluding carboxylic acids is 3. The van der Waals surface area contributed by atoms with E-state index in [1.807, 2.05) is 6.92 Å². The Labute approximate surface area is 115 Å². The molecule has 5 nitrogen and oxygen atoms in total. The molecule has 1 aromatic carbocycles. The fraction of sp³-hybridized carbons (Fsp3) is 0.308. The van der Waals surface area contributed by atoms with E-state index in [-0.39, 0.29) is 0 Å². The van der Waals surface area contributed by atoms with Crippen LogP contribution in [-0.4, -0.2) is 17.8 Å². The van der Waals surface area contributed by atoms with Crippen LogP contribution in [0, 0.1) is 5.92 Å². The first-order chi connectivity index (χ1) is 9.04. The summed E-state index contributed by atoms with van der Waals surface area (Å²) in [5.74, 6) is -1.82. The largest absolute Gasteiger partial charge is 0.335 e. The summed E-state index contributed by atoms with van der Waals surface area (Å²) in [6, 6.07) is 5.59. The Balaban J connectivity index is 2.33. The number of carbonyl (C=O) groups is 3. The lowest BCUT2D eigenvalue weighted by Crippen LogP contribution is -2.58. The fourth-order valence-electron chi connectivity index (χ4n) is 1.99. The number of halogens is 1. The van der Waals surface area contributed by atoms with E-state index >= 15 is 0 Å². The zero-order chi connectivity index (χ0) is 14.0. The fourth-order valence-corrected chi connectivity index (χ4v) is 2.12. The van der Waals surface area contributed by atoms with Crippen LogP contribution >= 0.6 is 11.6 Å². The van der Waals surface area contributed by atoms with Crippen LogP contribution < -0.4 is 10.2 Å². The Morgan fingerprint density at radius 2 is 1.84 bits per heavy atom. The number of imide groups is 2. The van der Waals surface area contributed by atoms with Crippen molar-refractivity contribution in [2.75, 3.05) is 4.90 Å². The lowest BCUT2D eigenvalue weighted by Gasteiger charge is -2.29. The van der Waals surface area contributed by atoms with E-state index in [4.69, 9.17) is 11.6 Å². The first-order valence-electron chi connectivity index (χ1n) is 5.99. The van der Waals surface area contributed by atoms with Crippen molar-refractivity contribution in [2.45, 2.75) is 19.8 Å². The number of amides is 4. The number of anilines is 1. The standard InChI is InChI=1S/C13H13ClN2O3/c1-2-3-10-11(17)15-13(19)16(12(10)18)9-6-4-8(14)5-7-9/h4-7,10H,2-3H2,1H3,(H,15,17,19). The molecule has 1 heterocycles. The highest BCUT2D eigenvalue weighted by Gasteiger charge is 2.40. The second-order valence-electron chi connectivity index (χ2n) is 4.29. The zero-order valence-corrected chi connectivity index (χ0v) is 11.1. The molecule has 1 aliphatic rings. The Morgan fingerprint density at radius 1 is 1.21 bits per heavy atom. The van der Waals surface area contributed by atoms with Crippen molar-refractivity contribution in [1.29, 1.82) is 0 Å². The number of hydrogen-bond donors (Lipinski definition) is 1. The number of nitrogens with one attached hydrogen (secondary N) is 1. The zero-order valence-electron chi connectivity index (χ0n) is 10.4. The first-order valence-corrected chi connectivity index (χ1v) is 6.36. The van der Waals surface area contributed by atoms with Crippen LogP contribution in [0.5, 0.6) is 0 Å². The number of barbiturate groups is 1. The molecule has 100 valence electrons. The van der Waals surface area contributed by atoms with Crippen molar-refractivity contribution in [3.05, 3.63) is 29.3 Å². The minimum atomic E-state index is -0.807. The van der Waals surface area contributed by atoms with Gasteiger partial charge in [0.25, 0.3) is 0 Å². The molecule has 1 unspecified atom stereocenters. The van der Waals surface area contributed by atoms with Crippen molar-refractivity contribution in [1.82, 2.24) is 5.32 Å². The van der Waals surface area contributed by atoms with Gasteiger partial charge in [-0.3, -0.25) is 14.9 Å². The molecule has 1 fully saturated rings.